The first-order valence-electron chi connectivity index (χ1n) is 7.08. The Kier molecular flexibility index (Phi) is 3.80. The first-order chi connectivity index (χ1) is 8.79. The minimum atomic E-state index is 0.416. The molecule has 2 saturated carbocycles. The van der Waals surface area contributed by atoms with Crippen LogP contribution in [0.25, 0.3) is 0 Å². The lowest BCUT2D eigenvalue weighted by atomic mass is 9.87. The monoisotopic (exact) mass is 262 g/mol. The fraction of sp³-hybridized carbons (Fsp3) is 0.600. The van der Waals surface area contributed by atoms with Gasteiger partial charge in [0, 0.05) is 27.9 Å². The lowest BCUT2D eigenvalue weighted by molar-refractivity contribution is 0.373. The van der Waals surface area contributed by atoms with Gasteiger partial charge in [0.05, 0.1) is 0 Å². The fourth-order valence-electron chi connectivity index (χ4n) is 2.84. The molecule has 0 heterocycles. The van der Waals surface area contributed by atoms with Gasteiger partial charge >= 0.3 is 0 Å². The normalized spacial score (nSPS) is 28.1. The van der Waals surface area contributed by atoms with E-state index in [0.717, 1.165) is 18.1 Å². The quantitative estimate of drug-likeness (QED) is 0.870. The highest BCUT2D eigenvalue weighted by molar-refractivity contribution is 8.00. The highest BCUT2D eigenvalue weighted by atomic mass is 32.2. The average molecular weight is 262 g/mol. The van der Waals surface area contributed by atoms with Crippen molar-refractivity contribution in [2.24, 2.45) is 5.73 Å². The summed E-state index contributed by atoms with van der Waals surface area (Å²) in [5.41, 5.74) is 7.03. The van der Waals surface area contributed by atoms with Gasteiger partial charge in [0.1, 0.15) is 0 Å². The molecule has 1 aromatic rings. The zero-order chi connectivity index (χ0) is 12.4. The highest BCUT2D eigenvalue weighted by Gasteiger charge is 2.25. The van der Waals surface area contributed by atoms with Crippen LogP contribution in [0, 0.1) is 0 Å². The predicted octanol–water partition coefficient (Wildman–Crippen LogP) is 3.62. The first-order valence-corrected chi connectivity index (χ1v) is 7.96. The van der Waals surface area contributed by atoms with E-state index in [1.165, 1.54) is 36.3 Å². The SMILES string of the molecule is NC1CC(Nc2ccc(SC3CCCC3)cc2)C1. The maximum atomic E-state index is 5.79. The molecule has 0 spiro atoms. The van der Waals surface area contributed by atoms with Gasteiger partial charge in [0.25, 0.3) is 0 Å². The summed E-state index contributed by atoms with van der Waals surface area (Å²) in [4.78, 5) is 1.41. The van der Waals surface area contributed by atoms with E-state index in [0.29, 0.717) is 12.1 Å². The van der Waals surface area contributed by atoms with Crippen molar-refractivity contribution in [3.8, 4) is 0 Å². The third-order valence-corrected chi connectivity index (χ3v) is 5.35. The van der Waals surface area contributed by atoms with Crippen LogP contribution >= 0.6 is 11.8 Å². The van der Waals surface area contributed by atoms with Crippen LogP contribution < -0.4 is 11.1 Å². The maximum Gasteiger partial charge on any atom is 0.0343 e. The van der Waals surface area contributed by atoms with Gasteiger partial charge in [-0.3, -0.25) is 0 Å². The van der Waals surface area contributed by atoms with E-state index in [1.807, 2.05) is 0 Å². The van der Waals surface area contributed by atoms with Crippen molar-refractivity contribution < 1.29 is 0 Å². The second kappa shape index (κ2) is 5.54. The molecule has 0 aliphatic heterocycles. The molecule has 0 bridgehead atoms. The summed E-state index contributed by atoms with van der Waals surface area (Å²) in [5, 5.41) is 4.40. The molecule has 2 fully saturated rings. The Balaban J connectivity index is 1.52. The van der Waals surface area contributed by atoms with Crippen LogP contribution in [0.1, 0.15) is 38.5 Å². The summed E-state index contributed by atoms with van der Waals surface area (Å²) >= 11 is 2.05. The van der Waals surface area contributed by atoms with Gasteiger partial charge in [0.2, 0.25) is 0 Å². The number of nitrogens with two attached hydrogens (primary N) is 1. The number of thioether (sulfide) groups is 1. The lowest BCUT2D eigenvalue weighted by Gasteiger charge is -2.33. The fourth-order valence-corrected chi connectivity index (χ4v) is 4.09. The Morgan fingerprint density at radius 3 is 2.33 bits per heavy atom. The summed E-state index contributed by atoms with van der Waals surface area (Å²) in [7, 11) is 0. The molecule has 3 N–H and O–H groups in total. The summed E-state index contributed by atoms with van der Waals surface area (Å²) in [6.45, 7) is 0. The summed E-state index contributed by atoms with van der Waals surface area (Å²) < 4.78 is 0. The van der Waals surface area contributed by atoms with Crippen LogP contribution in [0.15, 0.2) is 29.2 Å². The van der Waals surface area contributed by atoms with Gasteiger partial charge in [-0.1, -0.05) is 12.8 Å². The zero-order valence-electron chi connectivity index (χ0n) is 10.8. The van der Waals surface area contributed by atoms with Gasteiger partial charge < -0.3 is 11.1 Å². The van der Waals surface area contributed by atoms with E-state index in [-0.39, 0.29) is 0 Å². The highest BCUT2D eigenvalue weighted by Crippen LogP contribution is 2.35. The number of benzene rings is 1. The Morgan fingerprint density at radius 1 is 1.06 bits per heavy atom. The van der Waals surface area contributed by atoms with E-state index >= 15 is 0 Å². The Labute approximate surface area is 114 Å². The number of hydrogen-bond acceptors (Lipinski definition) is 3. The molecule has 98 valence electrons. The van der Waals surface area contributed by atoms with Gasteiger partial charge in [0.15, 0.2) is 0 Å². The molecule has 3 rings (SSSR count). The molecule has 2 aliphatic rings. The van der Waals surface area contributed by atoms with Crippen molar-refractivity contribution in [3.05, 3.63) is 24.3 Å². The molecule has 0 unspecified atom stereocenters. The number of anilines is 1. The molecule has 0 saturated heterocycles. The van der Waals surface area contributed by atoms with Crippen LogP contribution in [0.4, 0.5) is 5.69 Å². The van der Waals surface area contributed by atoms with Crippen LogP contribution in [0.3, 0.4) is 0 Å². The third-order valence-electron chi connectivity index (χ3n) is 4.00. The first kappa shape index (κ1) is 12.4. The third kappa shape index (κ3) is 3.01. The molecule has 0 aromatic heterocycles. The largest absolute Gasteiger partial charge is 0.382 e. The second-order valence-corrected chi connectivity index (χ2v) is 7.00. The summed E-state index contributed by atoms with van der Waals surface area (Å²) in [6.07, 6.45) is 7.84. The van der Waals surface area contributed by atoms with Gasteiger partial charge in [-0.05, 0) is 49.9 Å². The van der Waals surface area contributed by atoms with Crippen molar-refractivity contribution in [1.82, 2.24) is 0 Å². The lowest BCUT2D eigenvalue weighted by Crippen LogP contribution is -2.44. The van der Waals surface area contributed by atoms with Crippen molar-refractivity contribution in [3.63, 3.8) is 0 Å². The molecular weight excluding hydrogens is 240 g/mol. The molecule has 2 nitrogen and oxygen atoms in total. The average Bonchev–Trinajstić information content (AvgIpc) is 2.82. The van der Waals surface area contributed by atoms with Gasteiger partial charge in [-0.15, -0.1) is 11.8 Å². The maximum absolute atomic E-state index is 5.79. The molecule has 0 amide bonds. The van der Waals surface area contributed by atoms with E-state index in [1.54, 1.807) is 0 Å². The molecule has 0 atom stereocenters. The van der Waals surface area contributed by atoms with Crippen LogP contribution in [0.2, 0.25) is 0 Å². The van der Waals surface area contributed by atoms with Gasteiger partial charge in [-0.2, -0.15) is 0 Å². The van der Waals surface area contributed by atoms with E-state index in [2.05, 4.69) is 41.3 Å². The molecule has 3 heteroatoms. The summed E-state index contributed by atoms with van der Waals surface area (Å²) in [5.74, 6) is 0. The minimum Gasteiger partial charge on any atom is -0.382 e. The standard InChI is InChI=1S/C15H22N2S/c16-11-9-13(10-11)17-12-5-7-15(8-6-12)18-14-3-1-2-4-14/h5-8,11,13-14,17H,1-4,9-10,16H2. The van der Waals surface area contributed by atoms with E-state index in [9.17, 15) is 0 Å². The predicted molar refractivity (Wildman–Crippen MR) is 79.2 cm³/mol. The van der Waals surface area contributed by atoms with Crippen LogP contribution in [-0.2, 0) is 0 Å². The second-order valence-electron chi connectivity index (χ2n) is 5.62. The minimum absolute atomic E-state index is 0.416. The Hall–Kier alpha value is -0.670. The molecule has 0 radical (unpaired) electrons. The number of nitrogens with one attached hydrogen (secondary N) is 1. The van der Waals surface area contributed by atoms with Crippen molar-refractivity contribution in [1.29, 1.82) is 0 Å². The van der Waals surface area contributed by atoms with Crippen LogP contribution in [-0.4, -0.2) is 17.3 Å². The van der Waals surface area contributed by atoms with Crippen molar-refractivity contribution >= 4 is 17.4 Å². The van der Waals surface area contributed by atoms with E-state index < -0.39 is 0 Å². The zero-order valence-corrected chi connectivity index (χ0v) is 11.6. The molecule has 1 aromatic carbocycles. The Bertz CT molecular complexity index is 378. The summed E-state index contributed by atoms with van der Waals surface area (Å²) in [6, 6.07) is 9.93. The molecule has 18 heavy (non-hydrogen) atoms. The van der Waals surface area contributed by atoms with Crippen LogP contribution in [0.5, 0.6) is 0 Å². The molecular formula is C15H22N2S. The molecule has 2 aliphatic carbocycles. The number of hydrogen-bond donors (Lipinski definition) is 2. The number of rotatable bonds is 4. The van der Waals surface area contributed by atoms with Gasteiger partial charge in [-0.25, -0.2) is 0 Å². The van der Waals surface area contributed by atoms with E-state index in [4.69, 9.17) is 5.73 Å². The van der Waals surface area contributed by atoms with Crippen molar-refractivity contribution in [2.75, 3.05) is 5.32 Å². The smallest absolute Gasteiger partial charge is 0.0343 e. The topological polar surface area (TPSA) is 38.0 Å². The Morgan fingerprint density at radius 2 is 1.72 bits per heavy atom. The van der Waals surface area contributed by atoms with Crippen molar-refractivity contribution in [2.45, 2.75) is 60.8 Å².